The molecule has 2 aliphatic heterocycles. The summed E-state index contributed by atoms with van der Waals surface area (Å²) in [6.07, 6.45) is 7.55. The highest BCUT2D eigenvalue weighted by atomic mass is 16.5. The van der Waals surface area contributed by atoms with Crippen LogP contribution in [0.2, 0.25) is 0 Å². The van der Waals surface area contributed by atoms with Crippen LogP contribution in [0, 0.1) is 5.92 Å². The number of carbonyl (C=O) groups is 2. The first-order chi connectivity index (χ1) is 14.4. The smallest absolute Gasteiger partial charge is 0.276 e. The molecule has 0 saturated heterocycles. The van der Waals surface area contributed by atoms with Gasteiger partial charge < -0.3 is 19.3 Å². The van der Waals surface area contributed by atoms with E-state index in [2.05, 4.69) is 24.0 Å². The zero-order chi connectivity index (χ0) is 21.3. The minimum Gasteiger partial charge on any atom is -0.361 e. The maximum Gasteiger partial charge on any atom is 0.276 e. The summed E-state index contributed by atoms with van der Waals surface area (Å²) in [5.41, 5.74) is 1.65. The van der Waals surface area contributed by atoms with Gasteiger partial charge >= 0.3 is 0 Å². The predicted molar refractivity (Wildman–Crippen MR) is 110 cm³/mol. The van der Waals surface area contributed by atoms with E-state index in [0.717, 1.165) is 24.0 Å². The summed E-state index contributed by atoms with van der Waals surface area (Å²) in [5, 5.41) is 3.93. The molecule has 2 aliphatic rings. The van der Waals surface area contributed by atoms with E-state index in [1.54, 1.807) is 22.1 Å². The van der Waals surface area contributed by atoms with Crippen LogP contribution in [-0.4, -0.2) is 51.4 Å². The van der Waals surface area contributed by atoms with Crippen molar-refractivity contribution < 1.29 is 14.1 Å². The first-order valence-corrected chi connectivity index (χ1v) is 10.4. The summed E-state index contributed by atoms with van der Waals surface area (Å²) < 4.78 is 5.29. The van der Waals surface area contributed by atoms with Crippen molar-refractivity contribution in [3.63, 3.8) is 0 Å². The van der Waals surface area contributed by atoms with Gasteiger partial charge in [0.1, 0.15) is 11.3 Å². The number of fused-ring (bicyclic) bond motifs is 1. The lowest BCUT2D eigenvalue weighted by atomic mass is 9.95. The number of carbonyl (C=O) groups excluding carboxylic acids is 2. The number of amides is 2. The molecule has 30 heavy (non-hydrogen) atoms. The molecule has 4 rings (SSSR count). The molecule has 0 bridgehead atoms. The van der Waals surface area contributed by atoms with Crippen LogP contribution in [0.3, 0.4) is 0 Å². The highest BCUT2D eigenvalue weighted by molar-refractivity contribution is 5.96. The molecule has 0 unspecified atom stereocenters. The van der Waals surface area contributed by atoms with Crippen LogP contribution in [0.15, 0.2) is 33.7 Å². The summed E-state index contributed by atoms with van der Waals surface area (Å²) >= 11 is 0. The molecule has 0 aliphatic carbocycles. The van der Waals surface area contributed by atoms with Crippen molar-refractivity contribution in [2.75, 3.05) is 19.6 Å². The fraction of sp³-hybridized carbons (Fsp3) is 0.455. The molecule has 0 radical (unpaired) electrons. The molecule has 0 spiro atoms. The highest BCUT2D eigenvalue weighted by Crippen LogP contribution is 2.23. The summed E-state index contributed by atoms with van der Waals surface area (Å²) in [6.45, 7) is 6.00. The average Bonchev–Trinajstić information content (AvgIpc) is 3.20. The second kappa shape index (κ2) is 8.30. The lowest BCUT2D eigenvalue weighted by Crippen LogP contribution is -2.41. The molecule has 0 saturated carbocycles. The van der Waals surface area contributed by atoms with Crippen molar-refractivity contribution in [1.82, 2.24) is 19.9 Å². The number of nitrogens with zero attached hydrogens (tertiary/aromatic N) is 3. The predicted octanol–water partition coefficient (Wildman–Crippen LogP) is 2.16. The molecule has 2 aromatic rings. The number of H-pyrrole nitrogens is 1. The lowest BCUT2D eigenvalue weighted by Gasteiger charge is -2.30. The summed E-state index contributed by atoms with van der Waals surface area (Å²) in [6, 6.07) is 1.70. The molecular formula is C22H26N4O4. The van der Waals surface area contributed by atoms with Crippen molar-refractivity contribution in [3.8, 4) is 0 Å². The van der Waals surface area contributed by atoms with Crippen LogP contribution in [0.1, 0.15) is 58.0 Å². The largest absolute Gasteiger partial charge is 0.361 e. The van der Waals surface area contributed by atoms with Crippen LogP contribution in [-0.2, 0) is 19.4 Å². The first-order valence-electron chi connectivity index (χ1n) is 10.4. The number of aromatic amines is 1. The maximum atomic E-state index is 13.0. The van der Waals surface area contributed by atoms with Crippen molar-refractivity contribution in [2.45, 2.75) is 39.7 Å². The standard InChI is InChI=1S/C22H26N4O4/c1-14(2)10-16-11-18(24-30-16)21(28)26-9-6-17-15(13-26)12-23-20(27)19(17)22(29)25-7-4-3-5-8-25/h3-4,11-12,14H,5-10,13H2,1-2H3,(H,23,27). The van der Waals surface area contributed by atoms with Gasteiger partial charge in [0.05, 0.1) is 0 Å². The molecule has 4 heterocycles. The van der Waals surface area contributed by atoms with Crippen molar-refractivity contribution in [1.29, 1.82) is 0 Å². The van der Waals surface area contributed by atoms with Crippen LogP contribution in [0.25, 0.3) is 0 Å². The number of nitrogens with one attached hydrogen (secondary N) is 1. The van der Waals surface area contributed by atoms with Gasteiger partial charge in [-0.1, -0.05) is 31.2 Å². The van der Waals surface area contributed by atoms with E-state index < -0.39 is 0 Å². The number of hydrogen-bond donors (Lipinski definition) is 1. The Morgan fingerprint density at radius 3 is 2.77 bits per heavy atom. The van der Waals surface area contributed by atoms with Gasteiger partial charge in [0.15, 0.2) is 5.69 Å². The van der Waals surface area contributed by atoms with Crippen LogP contribution >= 0.6 is 0 Å². The Bertz CT molecular complexity index is 1050. The highest BCUT2D eigenvalue weighted by Gasteiger charge is 2.30. The van der Waals surface area contributed by atoms with Crippen molar-refractivity contribution in [2.24, 2.45) is 5.92 Å². The first kappa shape index (κ1) is 20.1. The molecular weight excluding hydrogens is 384 g/mol. The van der Waals surface area contributed by atoms with Crippen molar-refractivity contribution in [3.05, 3.63) is 62.9 Å². The normalized spacial score (nSPS) is 16.1. The van der Waals surface area contributed by atoms with Gasteiger partial charge in [-0.2, -0.15) is 0 Å². The second-order valence-electron chi connectivity index (χ2n) is 8.26. The maximum absolute atomic E-state index is 13.0. The minimum atomic E-state index is -0.372. The fourth-order valence-corrected chi connectivity index (χ4v) is 4.03. The molecule has 2 aromatic heterocycles. The van der Waals surface area contributed by atoms with E-state index >= 15 is 0 Å². The van der Waals surface area contributed by atoms with Crippen molar-refractivity contribution >= 4 is 11.8 Å². The SMILES string of the molecule is CC(C)Cc1cc(C(=O)N2CCc3c(c[nH]c(=O)c3C(=O)N3CC=CCC3)C2)no1. The zero-order valence-electron chi connectivity index (χ0n) is 17.3. The van der Waals surface area contributed by atoms with Gasteiger partial charge in [-0.05, 0) is 29.9 Å². The molecule has 158 valence electrons. The third kappa shape index (κ3) is 3.94. The third-order valence-corrected chi connectivity index (χ3v) is 5.52. The summed E-state index contributed by atoms with van der Waals surface area (Å²) in [4.78, 5) is 44.4. The minimum absolute atomic E-state index is 0.204. The molecule has 0 aromatic carbocycles. The Morgan fingerprint density at radius 1 is 1.20 bits per heavy atom. The Labute approximate surface area is 174 Å². The monoisotopic (exact) mass is 410 g/mol. The Morgan fingerprint density at radius 2 is 2.03 bits per heavy atom. The molecule has 0 atom stereocenters. The second-order valence-corrected chi connectivity index (χ2v) is 8.26. The number of pyridine rings is 1. The number of aromatic nitrogens is 2. The Hall–Kier alpha value is -3.16. The van der Waals surface area contributed by atoms with Crippen LogP contribution in [0.5, 0.6) is 0 Å². The van der Waals surface area contributed by atoms with E-state index in [0.29, 0.717) is 44.3 Å². The Kier molecular flexibility index (Phi) is 5.57. The fourth-order valence-electron chi connectivity index (χ4n) is 4.03. The van der Waals surface area contributed by atoms with Crippen LogP contribution in [0.4, 0.5) is 0 Å². The molecule has 0 fully saturated rings. The van der Waals surface area contributed by atoms with Gasteiger partial charge in [-0.25, -0.2) is 0 Å². The van der Waals surface area contributed by atoms with Gasteiger partial charge in [-0.15, -0.1) is 0 Å². The van der Waals surface area contributed by atoms with E-state index in [1.165, 1.54) is 0 Å². The lowest BCUT2D eigenvalue weighted by molar-refractivity contribution is 0.0722. The van der Waals surface area contributed by atoms with E-state index in [1.807, 2.05) is 12.2 Å². The number of rotatable bonds is 4. The summed E-state index contributed by atoms with van der Waals surface area (Å²) in [5.74, 6) is 0.649. The van der Waals surface area contributed by atoms with E-state index in [9.17, 15) is 14.4 Å². The molecule has 8 nitrogen and oxygen atoms in total. The van der Waals surface area contributed by atoms with E-state index in [4.69, 9.17) is 4.52 Å². The molecule has 2 amide bonds. The summed E-state index contributed by atoms with van der Waals surface area (Å²) in [7, 11) is 0. The number of hydrogen-bond acceptors (Lipinski definition) is 5. The molecule has 1 N–H and O–H groups in total. The molecule has 8 heteroatoms. The van der Waals surface area contributed by atoms with Gasteiger partial charge in [-0.3, -0.25) is 14.4 Å². The van der Waals surface area contributed by atoms with Gasteiger partial charge in [0.25, 0.3) is 17.4 Å². The Balaban J connectivity index is 1.55. The van der Waals surface area contributed by atoms with Gasteiger partial charge in [0.2, 0.25) is 0 Å². The average molecular weight is 410 g/mol. The zero-order valence-corrected chi connectivity index (χ0v) is 17.3. The van der Waals surface area contributed by atoms with E-state index in [-0.39, 0.29) is 28.6 Å². The topological polar surface area (TPSA) is 99.5 Å². The van der Waals surface area contributed by atoms with Gasteiger partial charge in [0, 0.05) is 44.9 Å². The third-order valence-electron chi connectivity index (χ3n) is 5.52. The quantitative estimate of drug-likeness (QED) is 0.779. The van der Waals surface area contributed by atoms with Crippen LogP contribution < -0.4 is 5.56 Å².